The van der Waals surface area contributed by atoms with Gasteiger partial charge in [-0.05, 0) is 23.3 Å². The van der Waals surface area contributed by atoms with Crippen LogP contribution in [0.4, 0.5) is 0 Å². The predicted molar refractivity (Wildman–Crippen MR) is 108 cm³/mol. The number of carbonyl (C=O) groups is 1. The van der Waals surface area contributed by atoms with Gasteiger partial charge in [-0.25, -0.2) is 8.42 Å². The second-order valence-corrected chi connectivity index (χ2v) is 8.52. The van der Waals surface area contributed by atoms with Gasteiger partial charge in [-0.2, -0.15) is 4.31 Å². The molecule has 0 aromatic heterocycles. The molecule has 1 atom stereocenters. The number of amides is 1. The average Bonchev–Trinajstić information content (AvgIpc) is 2.67. The third-order valence-electron chi connectivity index (χ3n) is 4.48. The van der Waals surface area contributed by atoms with Gasteiger partial charge < -0.3 is 14.4 Å². The van der Waals surface area contributed by atoms with Gasteiger partial charge in [-0.15, -0.1) is 0 Å². The van der Waals surface area contributed by atoms with Crippen LogP contribution in [-0.4, -0.2) is 58.1 Å². The van der Waals surface area contributed by atoms with Crippen molar-refractivity contribution in [1.29, 1.82) is 0 Å². The Morgan fingerprint density at radius 1 is 1.00 bits per heavy atom. The highest BCUT2D eigenvalue weighted by atomic mass is 32.2. The molecule has 0 saturated carbocycles. The summed E-state index contributed by atoms with van der Waals surface area (Å²) in [6, 6.07) is 13.3. The number of hydrogen-bond donors (Lipinski definition) is 0. The maximum absolute atomic E-state index is 13.2. The highest BCUT2D eigenvalue weighted by molar-refractivity contribution is 7.88. The van der Waals surface area contributed by atoms with Crippen LogP contribution in [0.1, 0.15) is 17.2 Å². The fourth-order valence-electron chi connectivity index (χ4n) is 2.87. The zero-order chi connectivity index (χ0) is 20.9. The minimum Gasteiger partial charge on any atom is -0.493 e. The zero-order valence-electron chi connectivity index (χ0n) is 16.7. The monoisotopic (exact) mass is 406 g/mol. The van der Waals surface area contributed by atoms with Crippen LogP contribution in [0.15, 0.2) is 48.5 Å². The normalized spacial score (nSPS) is 12.5. The summed E-state index contributed by atoms with van der Waals surface area (Å²) in [5, 5.41) is 0. The van der Waals surface area contributed by atoms with Crippen LogP contribution in [0.3, 0.4) is 0 Å². The third kappa shape index (κ3) is 5.02. The summed E-state index contributed by atoms with van der Waals surface area (Å²) in [5.74, 6) is 0.835. The van der Waals surface area contributed by atoms with Crippen molar-refractivity contribution < 1.29 is 22.7 Å². The van der Waals surface area contributed by atoms with Crippen LogP contribution >= 0.6 is 0 Å². The van der Waals surface area contributed by atoms with Crippen LogP contribution in [0, 0.1) is 0 Å². The molecule has 2 aromatic carbocycles. The molecule has 2 rings (SSSR count). The van der Waals surface area contributed by atoms with Gasteiger partial charge in [0.25, 0.3) is 0 Å². The molecule has 8 heteroatoms. The SMILES string of the molecule is COc1ccc(CN(C)C(=O)[C@H](c2ccccc2)N(C)S(C)(=O)=O)cc1OC. The zero-order valence-corrected chi connectivity index (χ0v) is 17.6. The van der Waals surface area contributed by atoms with E-state index in [0.717, 1.165) is 16.1 Å². The number of nitrogens with zero attached hydrogens (tertiary/aromatic N) is 2. The summed E-state index contributed by atoms with van der Waals surface area (Å²) < 4.78 is 35.8. The van der Waals surface area contributed by atoms with Crippen LogP contribution in [0.25, 0.3) is 0 Å². The van der Waals surface area contributed by atoms with E-state index < -0.39 is 16.1 Å². The lowest BCUT2D eigenvalue weighted by molar-refractivity contribution is -0.134. The fourth-order valence-corrected chi connectivity index (χ4v) is 3.47. The van der Waals surface area contributed by atoms with E-state index in [1.54, 1.807) is 57.7 Å². The molecule has 0 fully saturated rings. The van der Waals surface area contributed by atoms with Gasteiger partial charge in [0.15, 0.2) is 11.5 Å². The summed E-state index contributed by atoms with van der Waals surface area (Å²) >= 11 is 0. The molecule has 0 heterocycles. The van der Waals surface area contributed by atoms with Gasteiger partial charge in [-0.3, -0.25) is 4.79 Å². The molecule has 0 saturated heterocycles. The lowest BCUT2D eigenvalue weighted by Crippen LogP contribution is -2.41. The standard InChI is InChI=1S/C20H26N2O5S/c1-21(14-15-11-12-17(26-3)18(13-15)27-4)20(23)19(22(2)28(5,24)25)16-9-7-6-8-10-16/h6-13,19H,14H2,1-5H3/t19-/m0/s1. The van der Waals surface area contributed by atoms with E-state index in [1.165, 1.54) is 11.9 Å². The van der Waals surface area contributed by atoms with Crippen LogP contribution < -0.4 is 9.47 Å². The molecule has 0 aliphatic rings. The number of ether oxygens (including phenoxy) is 2. The molecule has 2 aromatic rings. The number of methoxy groups -OCH3 is 2. The Labute approximate surface area is 166 Å². The van der Waals surface area contributed by atoms with Gasteiger partial charge in [0.05, 0.1) is 20.5 Å². The average molecular weight is 407 g/mol. The van der Waals surface area contributed by atoms with Crippen molar-refractivity contribution in [2.75, 3.05) is 34.6 Å². The molecule has 0 aliphatic heterocycles. The molecular weight excluding hydrogens is 380 g/mol. The largest absolute Gasteiger partial charge is 0.493 e. The van der Waals surface area contributed by atoms with Crippen molar-refractivity contribution in [3.8, 4) is 11.5 Å². The number of rotatable bonds is 8. The van der Waals surface area contributed by atoms with Gasteiger partial charge in [0, 0.05) is 20.6 Å². The van der Waals surface area contributed by atoms with E-state index in [0.29, 0.717) is 23.6 Å². The molecule has 0 N–H and O–H groups in total. The predicted octanol–water partition coefficient (Wildman–Crippen LogP) is 2.29. The maximum atomic E-state index is 13.2. The molecule has 0 unspecified atom stereocenters. The lowest BCUT2D eigenvalue weighted by atomic mass is 10.1. The van der Waals surface area contributed by atoms with Crippen LogP contribution in [0.2, 0.25) is 0 Å². The van der Waals surface area contributed by atoms with Gasteiger partial charge in [0.2, 0.25) is 15.9 Å². The second-order valence-electron chi connectivity index (χ2n) is 6.48. The van der Waals surface area contributed by atoms with Crippen molar-refractivity contribution in [2.45, 2.75) is 12.6 Å². The van der Waals surface area contributed by atoms with E-state index in [4.69, 9.17) is 9.47 Å². The first kappa shape index (κ1) is 21.7. The second kappa shape index (κ2) is 9.07. The van der Waals surface area contributed by atoms with Crippen molar-refractivity contribution in [3.63, 3.8) is 0 Å². The Kier molecular flexibility index (Phi) is 7.04. The Hall–Kier alpha value is -2.58. The topological polar surface area (TPSA) is 76.2 Å². The lowest BCUT2D eigenvalue weighted by Gasteiger charge is -2.29. The van der Waals surface area contributed by atoms with E-state index in [1.807, 2.05) is 12.1 Å². The van der Waals surface area contributed by atoms with E-state index in [2.05, 4.69) is 0 Å². The summed E-state index contributed by atoms with van der Waals surface area (Å²) in [4.78, 5) is 14.7. The molecule has 0 spiro atoms. The summed E-state index contributed by atoms with van der Waals surface area (Å²) in [6.07, 6.45) is 1.09. The summed E-state index contributed by atoms with van der Waals surface area (Å²) in [7, 11) is 2.58. The Balaban J connectivity index is 2.31. The van der Waals surface area contributed by atoms with Gasteiger partial charge in [-0.1, -0.05) is 36.4 Å². The number of carbonyl (C=O) groups excluding carboxylic acids is 1. The number of benzene rings is 2. The van der Waals surface area contributed by atoms with Crippen LogP contribution in [0.5, 0.6) is 11.5 Å². The van der Waals surface area contributed by atoms with Crippen molar-refractivity contribution in [1.82, 2.24) is 9.21 Å². The smallest absolute Gasteiger partial charge is 0.245 e. The van der Waals surface area contributed by atoms with Crippen molar-refractivity contribution >= 4 is 15.9 Å². The molecule has 28 heavy (non-hydrogen) atoms. The van der Waals surface area contributed by atoms with E-state index >= 15 is 0 Å². The molecule has 0 radical (unpaired) electrons. The highest BCUT2D eigenvalue weighted by Crippen LogP contribution is 2.29. The van der Waals surface area contributed by atoms with Gasteiger partial charge in [0.1, 0.15) is 6.04 Å². The fraction of sp³-hybridized carbons (Fsp3) is 0.350. The van der Waals surface area contributed by atoms with Crippen LogP contribution in [-0.2, 0) is 21.4 Å². The van der Waals surface area contributed by atoms with E-state index in [9.17, 15) is 13.2 Å². The molecule has 1 amide bonds. The Morgan fingerprint density at radius 3 is 2.14 bits per heavy atom. The molecular formula is C20H26N2O5S. The first-order chi connectivity index (χ1) is 13.2. The van der Waals surface area contributed by atoms with Gasteiger partial charge >= 0.3 is 0 Å². The Morgan fingerprint density at radius 2 is 1.61 bits per heavy atom. The van der Waals surface area contributed by atoms with Crippen molar-refractivity contribution in [3.05, 3.63) is 59.7 Å². The van der Waals surface area contributed by atoms with E-state index in [-0.39, 0.29) is 5.91 Å². The summed E-state index contributed by atoms with van der Waals surface area (Å²) in [6.45, 7) is 0.292. The minimum absolute atomic E-state index is 0.292. The number of sulfonamides is 1. The third-order valence-corrected chi connectivity index (χ3v) is 5.74. The number of likely N-dealkylation sites (N-methyl/N-ethyl adjacent to an activating group) is 2. The first-order valence-corrected chi connectivity index (χ1v) is 10.5. The quantitative estimate of drug-likeness (QED) is 0.672. The first-order valence-electron chi connectivity index (χ1n) is 8.63. The highest BCUT2D eigenvalue weighted by Gasteiger charge is 2.32. The Bertz CT molecular complexity index is 915. The molecule has 0 aliphatic carbocycles. The molecule has 7 nitrogen and oxygen atoms in total. The van der Waals surface area contributed by atoms with Crippen molar-refractivity contribution in [2.24, 2.45) is 0 Å². The molecule has 0 bridgehead atoms. The summed E-state index contributed by atoms with van der Waals surface area (Å²) in [5.41, 5.74) is 1.45. The maximum Gasteiger partial charge on any atom is 0.245 e. The minimum atomic E-state index is -3.57. The number of hydrogen-bond acceptors (Lipinski definition) is 5. The molecule has 152 valence electrons.